The molecule has 0 aliphatic rings. The highest BCUT2D eigenvalue weighted by atomic mass is 32.2. The summed E-state index contributed by atoms with van der Waals surface area (Å²) in [5, 5.41) is 2.28. The second-order valence-electron chi connectivity index (χ2n) is 2.58. The van der Waals surface area contributed by atoms with Crippen molar-refractivity contribution >= 4 is 17.4 Å². The lowest BCUT2D eigenvalue weighted by Crippen LogP contribution is -2.77. The Morgan fingerprint density at radius 1 is 1.00 bits per heavy atom. The monoisotopic (exact) mass is 242 g/mol. The smallest absolute Gasteiger partial charge is 0.143 e. The van der Waals surface area contributed by atoms with Crippen LogP contribution in [0.4, 0.5) is 5.69 Å². The molecule has 1 aromatic carbocycles. The summed E-state index contributed by atoms with van der Waals surface area (Å²) in [7, 11) is 0. The average molecular weight is 242 g/mol. The van der Waals surface area contributed by atoms with Crippen molar-refractivity contribution in [3.05, 3.63) is 24.3 Å². The summed E-state index contributed by atoms with van der Waals surface area (Å²) in [6.45, 7) is 13.5. The lowest BCUT2D eigenvalue weighted by Gasteiger charge is -2.03. The van der Waals surface area contributed by atoms with Crippen molar-refractivity contribution in [1.29, 1.82) is 0 Å². The van der Waals surface area contributed by atoms with Gasteiger partial charge in [-0.2, -0.15) is 0 Å². The van der Waals surface area contributed by atoms with Gasteiger partial charge < -0.3 is 5.32 Å². The number of hydrogen-bond acceptors (Lipinski definition) is 1. The number of rotatable bonds is 4. The SMILES string of the molecule is CC.CC.CC[NH2+]c1ccccc1SCC. The van der Waals surface area contributed by atoms with Crippen molar-refractivity contribution in [2.24, 2.45) is 0 Å². The molecule has 1 rings (SSSR count). The van der Waals surface area contributed by atoms with E-state index in [4.69, 9.17) is 0 Å². The molecule has 0 atom stereocenters. The lowest BCUT2D eigenvalue weighted by molar-refractivity contribution is -0.570. The van der Waals surface area contributed by atoms with E-state index in [0.29, 0.717) is 0 Å². The Morgan fingerprint density at radius 2 is 1.56 bits per heavy atom. The van der Waals surface area contributed by atoms with Crippen LogP contribution in [0, 0.1) is 0 Å². The summed E-state index contributed by atoms with van der Waals surface area (Å²) < 4.78 is 0. The first kappa shape index (κ1) is 17.9. The molecule has 0 saturated carbocycles. The molecule has 94 valence electrons. The number of nitrogens with two attached hydrogens (primary N) is 1. The van der Waals surface area contributed by atoms with E-state index < -0.39 is 0 Å². The first-order valence-corrected chi connectivity index (χ1v) is 7.42. The van der Waals surface area contributed by atoms with Gasteiger partial charge in [0.25, 0.3) is 0 Å². The predicted octanol–water partition coefficient (Wildman–Crippen LogP) is 4.07. The van der Waals surface area contributed by atoms with Gasteiger partial charge in [0, 0.05) is 6.07 Å². The summed E-state index contributed by atoms with van der Waals surface area (Å²) in [6, 6.07) is 8.57. The second-order valence-corrected chi connectivity index (χ2v) is 3.89. The van der Waals surface area contributed by atoms with Gasteiger partial charge in [-0.25, -0.2) is 0 Å². The van der Waals surface area contributed by atoms with Crippen LogP contribution in [0.15, 0.2) is 29.2 Å². The molecule has 1 nitrogen and oxygen atoms in total. The molecule has 0 radical (unpaired) electrons. The average Bonchev–Trinajstić information content (AvgIpc) is 2.37. The molecular formula is C14H28NS+. The molecule has 0 bridgehead atoms. The lowest BCUT2D eigenvalue weighted by atomic mass is 10.3. The Bertz CT molecular complexity index is 211. The van der Waals surface area contributed by atoms with Gasteiger partial charge in [-0.05, 0) is 18.7 Å². The normalized spacial score (nSPS) is 8.38. The van der Waals surface area contributed by atoms with E-state index in [9.17, 15) is 0 Å². The number of thioether (sulfide) groups is 1. The number of benzene rings is 1. The maximum absolute atomic E-state index is 2.28. The zero-order valence-electron chi connectivity index (χ0n) is 11.7. The van der Waals surface area contributed by atoms with E-state index in [1.165, 1.54) is 10.6 Å². The fourth-order valence-electron chi connectivity index (χ4n) is 1.16. The van der Waals surface area contributed by atoms with Gasteiger partial charge >= 0.3 is 0 Å². The summed E-state index contributed by atoms with van der Waals surface area (Å²) >= 11 is 1.91. The molecule has 0 aliphatic heterocycles. The summed E-state index contributed by atoms with van der Waals surface area (Å²) in [6.07, 6.45) is 0. The molecule has 0 aliphatic carbocycles. The molecule has 2 N–H and O–H groups in total. The minimum Gasteiger partial charge on any atom is -0.313 e. The first-order chi connectivity index (χ1) is 7.88. The van der Waals surface area contributed by atoms with Crippen LogP contribution >= 0.6 is 11.8 Å². The van der Waals surface area contributed by atoms with E-state index in [1.807, 2.05) is 39.5 Å². The van der Waals surface area contributed by atoms with Crippen LogP contribution in [0.5, 0.6) is 0 Å². The van der Waals surface area contributed by atoms with Gasteiger partial charge in [0.2, 0.25) is 0 Å². The number of hydrogen-bond donors (Lipinski definition) is 1. The zero-order valence-corrected chi connectivity index (χ0v) is 12.5. The third-order valence-electron chi connectivity index (χ3n) is 1.64. The molecule has 0 unspecified atom stereocenters. The third kappa shape index (κ3) is 7.77. The predicted molar refractivity (Wildman–Crippen MR) is 77.7 cm³/mol. The van der Waals surface area contributed by atoms with Crippen LogP contribution < -0.4 is 5.32 Å². The largest absolute Gasteiger partial charge is 0.313 e. The maximum atomic E-state index is 2.28. The van der Waals surface area contributed by atoms with E-state index in [1.54, 1.807) is 0 Å². The Morgan fingerprint density at radius 3 is 2.06 bits per heavy atom. The fraction of sp³-hybridized carbons (Fsp3) is 0.571. The molecule has 0 saturated heterocycles. The first-order valence-electron chi connectivity index (χ1n) is 6.43. The number of para-hydroxylation sites is 1. The molecule has 1 aromatic rings. The summed E-state index contributed by atoms with van der Waals surface area (Å²) in [5.74, 6) is 1.15. The van der Waals surface area contributed by atoms with Gasteiger partial charge in [0.15, 0.2) is 0 Å². The Kier molecular flexibility index (Phi) is 16.3. The van der Waals surface area contributed by atoms with Crippen LogP contribution in [-0.4, -0.2) is 12.3 Å². The third-order valence-corrected chi connectivity index (χ3v) is 2.61. The van der Waals surface area contributed by atoms with Crippen LogP contribution in [-0.2, 0) is 0 Å². The van der Waals surface area contributed by atoms with Crippen LogP contribution in [0.1, 0.15) is 41.5 Å². The van der Waals surface area contributed by atoms with Crippen molar-refractivity contribution in [2.45, 2.75) is 46.4 Å². The van der Waals surface area contributed by atoms with Crippen LogP contribution in [0.25, 0.3) is 0 Å². The van der Waals surface area contributed by atoms with E-state index in [-0.39, 0.29) is 0 Å². The second kappa shape index (κ2) is 14.5. The standard InChI is InChI=1S/C10H15NS.2C2H6/c1-3-11-9-7-5-6-8-10(9)12-4-2;2*1-2/h5-8,11H,3-4H2,1-2H3;2*1-2H3/p+1. The van der Waals surface area contributed by atoms with Crippen molar-refractivity contribution in [1.82, 2.24) is 0 Å². The molecule has 0 heterocycles. The van der Waals surface area contributed by atoms with Gasteiger partial charge in [0.1, 0.15) is 5.69 Å². The highest BCUT2D eigenvalue weighted by Crippen LogP contribution is 2.22. The van der Waals surface area contributed by atoms with Crippen molar-refractivity contribution in [2.75, 3.05) is 12.3 Å². The van der Waals surface area contributed by atoms with Gasteiger partial charge in [-0.3, -0.25) is 0 Å². The quantitative estimate of drug-likeness (QED) is 0.622. The van der Waals surface area contributed by atoms with Gasteiger partial charge in [-0.1, -0.05) is 46.8 Å². The van der Waals surface area contributed by atoms with Crippen molar-refractivity contribution in [3.63, 3.8) is 0 Å². The van der Waals surface area contributed by atoms with Crippen LogP contribution in [0.3, 0.4) is 0 Å². The molecule has 0 amide bonds. The highest BCUT2D eigenvalue weighted by Gasteiger charge is 2.02. The topological polar surface area (TPSA) is 16.6 Å². The molecule has 0 spiro atoms. The fourth-order valence-corrected chi connectivity index (χ4v) is 1.96. The minimum absolute atomic E-state index is 1.11. The summed E-state index contributed by atoms with van der Waals surface area (Å²) in [4.78, 5) is 1.40. The van der Waals surface area contributed by atoms with E-state index >= 15 is 0 Å². The maximum Gasteiger partial charge on any atom is 0.143 e. The summed E-state index contributed by atoms with van der Waals surface area (Å²) in [5.41, 5.74) is 1.38. The van der Waals surface area contributed by atoms with E-state index in [2.05, 4.69) is 43.4 Å². The molecule has 16 heavy (non-hydrogen) atoms. The highest BCUT2D eigenvalue weighted by molar-refractivity contribution is 7.99. The molecular weight excluding hydrogens is 214 g/mol. The zero-order chi connectivity index (χ0) is 12.8. The molecule has 0 fully saturated rings. The Balaban J connectivity index is 0. The molecule has 0 aromatic heterocycles. The Labute approximate surface area is 106 Å². The van der Waals surface area contributed by atoms with E-state index in [0.717, 1.165) is 12.3 Å². The molecule has 2 heteroatoms. The van der Waals surface area contributed by atoms with Gasteiger partial charge in [-0.15, -0.1) is 11.8 Å². The van der Waals surface area contributed by atoms with Gasteiger partial charge in [0.05, 0.1) is 11.4 Å². The van der Waals surface area contributed by atoms with Crippen LogP contribution in [0.2, 0.25) is 0 Å². The minimum atomic E-state index is 1.11. The van der Waals surface area contributed by atoms with Crippen molar-refractivity contribution in [3.8, 4) is 0 Å². The van der Waals surface area contributed by atoms with Crippen molar-refractivity contribution < 1.29 is 5.32 Å². The Hall–Kier alpha value is -0.470. The number of quaternary nitrogens is 1.